The van der Waals surface area contributed by atoms with E-state index in [-0.39, 0.29) is 6.42 Å². The van der Waals surface area contributed by atoms with Gasteiger partial charge in [0, 0.05) is 12.6 Å². The summed E-state index contributed by atoms with van der Waals surface area (Å²) in [5, 5.41) is 2.71. The van der Waals surface area contributed by atoms with Crippen LogP contribution in [0.3, 0.4) is 0 Å². The van der Waals surface area contributed by atoms with Gasteiger partial charge in [0.05, 0.1) is 0 Å². The number of rotatable bonds is 2. The molecule has 0 amide bonds. The highest BCUT2D eigenvalue weighted by atomic mass is 19.4. The van der Waals surface area contributed by atoms with Crippen molar-refractivity contribution in [2.75, 3.05) is 19.6 Å². The summed E-state index contributed by atoms with van der Waals surface area (Å²) < 4.78 is 37.8. The normalized spacial score (nSPS) is 34.7. The average Bonchev–Trinajstić information content (AvgIpc) is 2.38. The molecule has 2 rings (SSSR count). The van der Waals surface area contributed by atoms with E-state index in [1.807, 2.05) is 0 Å². The quantitative estimate of drug-likeness (QED) is 0.835. The van der Waals surface area contributed by atoms with E-state index in [2.05, 4.69) is 24.1 Å². The van der Waals surface area contributed by atoms with Crippen LogP contribution in [0, 0.1) is 11.8 Å². The van der Waals surface area contributed by atoms with Crippen molar-refractivity contribution < 1.29 is 13.2 Å². The first kappa shape index (κ1) is 15.1. The summed E-state index contributed by atoms with van der Waals surface area (Å²) in [6.07, 6.45) is -0.768. The highest BCUT2D eigenvalue weighted by molar-refractivity contribution is 4.88. The van der Waals surface area contributed by atoms with Crippen molar-refractivity contribution in [1.82, 2.24) is 10.2 Å². The number of halogens is 3. The molecule has 1 N–H and O–H groups in total. The average molecular weight is 278 g/mol. The summed E-state index contributed by atoms with van der Waals surface area (Å²) in [5.41, 5.74) is 0. The molecule has 3 unspecified atom stereocenters. The van der Waals surface area contributed by atoms with Crippen molar-refractivity contribution in [3.8, 4) is 0 Å². The Morgan fingerprint density at radius 3 is 2.37 bits per heavy atom. The van der Waals surface area contributed by atoms with E-state index in [9.17, 15) is 13.2 Å². The Labute approximate surface area is 113 Å². The Balaban J connectivity index is 1.84. The molecule has 2 fully saturated rings. The second-order valence-corrected chi connectivity index (χ2v) is 6.33. The van der Waals surface area contributed by atoms with Gasteiger partial charge >= 0.3 is 6.18 Å². The van der Waals surface area contributed by atoms with Crippen LogP contribution in [0.5, 0.6) is 0 Å². The van der Waals surface area contributed by atoms with Crippen LogP contribution in [-0.2, 0) is 0 Å². The van der Waals surface area contributed by atoms with Gasteiger partial charge in [-0.1, -0.05) is 0 Å². The molecule has 0 spiro atoms. The minimum Gasteiger partial charge on any atom is -0.306 e. The van der Waals surface area contributed by atoms with E-state index in [1.54, 1.807) is 0 Å². The van der Waals surface area contributed by atoms with Crippen molar-refractivity contribution in [1.29, 1.82) is 0 Å². The van der Waals surface area contributed by atoms with Gasteiger partial charge in [0.25, 0.3) is 0 Å². The third-order valence-corrected chi connectivity index (χ3v) is 4.73. The van der Waals surface area contributed by atoms with Gasteiger partial charge in [-0.3, -0.25) is 0 Å². The molecule has 2 aliphatic rings. The fourth-order valence-electron chi connectivity index (χ4n) is 3.45. The molecule has 3 atom stereocenters. The topological polar surface area (TPSA) is 15.3 Å². The van der Waals surface area contributed by atoms with E-state index in [1.165, 1.54) is 12.8 Å². The summed E-state index contributed by atoms with van der Waals surface area (Å²) in [7, 11) is 0. The van der Waals surface area contributed by atoms with Gasteiger partial charge in [0.1, 0.15) is 6.04 Å². The van der Waals surface area contributed by atoms with E-state index in [4.69, 9.17) is 0 Å². The zero-order valence-corrected chi connectivity index (χ0v) is 11.8. The fraction of sp³-hybridized carbons (Fsp3) is 1.00. The molecule has 0 aromatic carbocycles. The number of alkyl halides is 3. The van der Waals surface area contributed by atoms with Crippen molar-refractivity contribution in [3.63, 3.8) is 0 Å². The van der Waals surface area contributed by atoms with Crippen molar-refractivity contribution in [3.05, 3.63) is 0 Å². The molecule has 0 bridgehead atoms. The molecule has 0 radical (unpaired) electrons. The molecule has 112 valence electrons. The predicted octanol–water partition coefficient (Wildman–Crippen LogP) is 3.04. The van der Waals surface area contributed by atoms with Crippen LogP contribution >= 0.6 is 0 Å². The van der Waals surface area contributed by atoms with Crippen molar-refractivity contribution in [2.24, 2.45) is 11.8 Å². The Kier molecular flexibility index (Phi) is 4.77. The van der Waals surface area contributed by atoms with Gasteiger partial charge in [-0.15, -0.1) is 0 Å². The van der Waals surface area contributed by atoms with Gasteiger partial charge in [0.15, 0.2) is 0 Å². The third-order valence-electron chi connectivity index (χ3n) is 4.73. The molecule has 5 heteroatoms. The molecule has 2 nitrogen and oxygen atoms in total. The molecule has 2 aliphatic heterocycles. The minimum atomic E-state index is -4.08. The molecule has 19 heavy (non-hydrogen) atoms. The van der Waals surface area contributed by atoms with E-state index in [0.717, 1.165) is 13.1 Å². The van der Waals surface area contributed by atoms with Crippen LogP contribution in [0.25, 0.3) is 0 Å². The zero-order valence-electron chi connectivity index (χ0n) is 11.8. The first-order valence-electron chi connectivity index (χ1n) is 7.42. The van der Waals surface area contributed by atoms with Crippen molar-refractivity contribution in [2.45, 2.75) is 57.8 Å². The minimum absolute atomic E-state index is 0.242. The fourth-order valence-corrected chi connectivity index (χ4v) is 3.45. The molecular formula is C14H25F3N2. The number of hydrogen-bond acceptors (Lipinski definition) is 2. The Morgan fingerprint density at radius 1 is 1.11 bits per heavy atom. The van der Waals surface area contributed by atoms with Crippen molar-refractivity contribution >= 4 is 0 Å². The molecule has 0 aromatic heterocycles. The van der Waals surface area contributed by atoms with Gasteiger partial charge < -0.3 is 10.2 Å². The maximum Gasteiger partial charge on any atom is 0.403 e. The third kappa shape index (κ3) is 3.85. The SMILES string of the molecule is CC(C)N1CCCC(C2CCC(C(F)(F)F)NC2)C1. The Hall–Kier alpha value is -0.290. The Bertz CT molecular complexity index is 283. The summed E-state index contributed by atoms with van der Waals surface area (Å²) in [5.74, 6) is 0.984. The monoisotopic (exact) mass is 278 g/mol. The zero-order chi connectivity index (χ0) is 14.0. The molecule has 0 aliphatic carbocycles. The number of hydrogen-bond donors (Lipinski definition) is 1. The summed E-state index contributed by atoms with van der Waals surface area (Å²) in [6, 6.07) is -0.740. The highest BCUT2D eigenvalue weighted by Gasteiger charge is 2.42. The van der Waals surface area contributed by atoms with Gasteiger partial charge in [-0.2, -0.15) is 13.2 Å². The summed E-state index contributed by atoms with van der Waals surface area (Å²) in [4.78, 5) is 2.46. The van der Waals surface area contributed by atoms with Crippen LogP contribution in [0.4, 0.5) is 13.2 Å². The van der Waals surface area contributed by atoms with Crippen LogP contribution in [0.2, 0.25) is 0 Å². The number of likely N-dealkylation sites (tertiary alicyclic amines) is 1. The lowest BCUT2D eigenvalue weighted by molar-refractivity contribution is -0.163. The lowest BCUT2D eigenvalue weighted by Crippen LogP contribution is -2.51. The lowest BCUT2D eigenvalue weighted by Gasteiger charge is -2.41. The lowest BCUT2D eigenvalue weighted by atomic mass is 9.79. The Morgan fingerprint density at radius 2 is 1.84 bits per heavy atom. The van der Waals surface area contributed by atoms with Gasteiger partial charge in [-0.05, 0) is 64.5 Å². The van der Waals surface area contributed by atoms with Crippen LogP contribution < -0.4 is 5.32 Å². The highest BCUT2D eigenvalue weighted by Crippen LogP contribution is 2.34. The van der Waals surface area contributed by atoms with Crippen LogP contribution in [0.1, 0.15) is 39.5 Å². The maximum atomic E-state index is 12.6. The van der Waals surface area contributed by atoms with E-state index >= 15 is 0 Å². The number of piperidine rings is 2. The molecule has 2 saturated heterocycles. The standard InChI is InChI=1S/C14H25F3N2/c1-10(2)19-7-3-4-12(9-19)11-5-6-13(18-8-11)14(15,16)17/h10-13,18H,3-9H2,1-2H3. The van der Waals surface area contributed by atoms with Crippen LogP contribution in [-0.4, -0.2) is 42.8 Å². The summed E-state index contributed by atoms with van der Waals surface area (Å²) >= 11 is 0. The largest absolute Gasteiger partial charge is 0.403 e. The first-order chi connectivity index (χ1) is 8.88. The van der Waals surface area contributed by atoms with E-state index in [0.29, 0.717) is 30.8 Å². The first-order valence-corrected chi connectivity index (χ1v) is 7.42. The second-order valence-electron chi connectivity index (χ2n) is 6.33. The van der Waals surface area contributed by atoms with Gasteiger partial charge in [0.2, 0.25) is 0 Å². The smallest absolute Gasteiger partial charge is 0.306 e. The number of nitrogens with zero attached hydrogens (tertiary/aromatic N) is 1. The predicted molar refractivity (Wildman–Crippen MR) is 70.0 cm³/mol. The molecule has 0 saturated carbocycles. The number of nitrogens with one attached hydrogen (secondary N) is 1. The molecular weight excluding hydrogens is 253 g/mol. The van der Waals surface area contributed by atoms with E-state index < -0.39 is 12.2 Å². The second kappa shape index (κ2) is 6.00. The van der Waals surface area contributed by atoms with Gasteiger partial charge in [-0.25, -0.2) is 0 Å². The molecule has 2 heterocycles. The van der Waals surface area contributed by atoms with Crippen LogP contribution in [0.15, 0.2) is 0 Å². The molecule has 0 aromatic rings. The summed E-state index contributed by atoms with van der Waals surface area (Å²) in [6.45, 7) is 7.11. The maximum absolute atomic E-state index is 12.6.